The van der Waals surface area contributed by atoms with Crippen LogP contribution in [0, 0.1) is 11.3 Å². The Morgan fingerprint density at radius 3 is 2.78 bits per heavy atom. The molecule has 1 unspecified atom stereocenters. The molecule has 3 aliphatic rings. The number of amides is 1. The molecule has 5 rings (SSSR count). The van der Waals surface area contributed by atoms with Crippen molar-refractivity contribution in [2.45, 2.75) is 64.5 Å². The minimum atomic E-state index is -0.0742. The van der Waals surface area contributed by atoms with Crippen LogP contribution in [0.3, 0.4) is 0 Å². The summed E-state index contributed by atoms with van der Waals surface area (Å²) in [5, 5.41) is 24.1. The first-order valence-corrected chi connectivity index (χ1v) is 14.0. The normalized spacial score (nSPS) is 25.1. The van der Waals surface area contributed by atoms with Gasteiger partial charge >= 0.3 is 0 Å². The predicted molar refractivity (Wildman–Crippen MR) is 141 cm³/mol. The highest BCUT2D eigenvalue weighted by Crippen LogP contribution is 2.38. The first-order valence-electron chi connectivity index (χ1n) is 13.2. The molecule has 11 heteroatoms. The van der Waals surface area contributed by atoms with Gasteiger partial charge in [-0.15, -0.1) is 15.3 Å². The molecule has 36 heavy (non-hydrogen) atoms. The smallest absolute Gasteiger partial charge is 0.228 e. The van der Waals surface area contributed by atoms with E-state index < -0.39 is 0 Å². The summed E-state index contributed by atoms with van der Waals surface area (Å²) in [6, 6.07) is 4.12. The lowest BCUT2D eigenvalue weighted by Crippen LogP contribution is -2.46. The number of carbonyl (C=O) groups excluding carboxylic acids is 1. The number of rotatable bonds is 8. The van der Waals surface area contributed by atoms with E-state index in [-0.39, 0.29) is 18.1 Å². The summed E-state index contributed by atoms with van der Waals surface area (Å²) >= 11 is 1.37. The van der Waals surface area contributed by atoms with Crippen LogP contribution in [-0.2, 0) is 9.53 Å². The summed E-state index contributed by atoms with van der Waals surface area (Å²) in [4.78, 5) is 17.4. The van der Waals surface area contributed by atoms with Crippen LogP contribution in [0.1, 0.15) is 52.4 Å². The van der Waals surface area contributed by atoms with Crippen molar-refractivity contribution in [3.8, 4) is 0 Å². The first-order chi connectivity index (χ1) is 17.4. The van der Waals surface area contributed by atoms with Gasteiger partial charge in [0.1, 0.15) is 0 Å². The minimum Gasteiger partial charge on any atom is -0.375 e. The minimum absolute atomic E-state index is 0.0707. The number of carbonyl (C=O) groups is 1. The van der Waals surface area contributed by atoms with E-state index in [4.69, 9.17) is 4.74 Å². The van der Waals surface area contributed by atoms with E-state index in [1.165, 1.54) is 37.0 Å². The average molecular weight is 515 g/mol. The van der Waals surface area contributed by atoms with Crippen LogP contribution < -0.4 is 15.5 Å². The zero-order valence-corrected chi connectivity index (χ0v) is 22.2. The molecule has 1 saturated carbocycles. The van der Waals surface area contributed by atoms with Gasteiger partial charge in [-0.05, 0) is 55.6 Å². The second-order valence-corrected chi connectivity index (χ2v) is 12.2. The lowest BCUT2D eigenvalue weighted by molar-refractivity contribution is -0.121. The third-order valence-electron chi connectivity index (χ3n) is 7.68. The molecule has 0 spiro atoms. The summed E-state index contributed by atoms with van der Waals surface area (Å²) in [6.07, 6.45) is 8.17. The van der Waals surface area contributed by atoms with E-state index in [0.717, 1.165) is 50.9 Å². The lowest BCUT2D eigenvalue weighted by atomic mass is 9.73. The number of ether oxygens (including phenoxy) is 1. The molecule has 1 amide bonds. The monoisotopic (exact) mass is 514 g/mol. The van der Waals surface area contributed by atoms with Crippen molar-refractivity contribution >= 4 is 33.3 Å². The van der Waals surface area contributed by atoms with Gasteiger partial charge in [0.2, 0.25) is 16.2 Å². The Bertz CT molecular complexity index is 993. The highest BCUT2D eigenvalue weighted by molar-refractivity contribution is 7.19. The SMILES string of the molecule is CC1(C)CCC(CN2CCOC(CC(=O)Nc3nnc(N[C@@H]4CCN(c5cccnn5)C4)s3)C2)CC1. The number of morpholine rings is 1. The molecule has 2 aliphatic heterocycles. The highest BCUT2D eigenvalue weighted by atomic mass is 32.1. The van der Waals surface area contributed by atoms with Crippen molar-refractivity contribution in [2.24, 2.45) is 11.3 Å². The third-order valence-corrected chi connectivity index (χ3v) is 8.45. The van der Waals surface area contributed by atoms with Gasteiger partial charge in [0.15, 0.2) is 5.82 Å². The van der Waals surface area contributed by atoms with Crippen LogP contribution in [0.4, 0.5) is 16.1 Å². The standard InChI is InChI=1S/C25H38N8O2S/c1-25(2)8-5-18(6-9-25)15-32-12-13-35-20(17-32)14-22(34)28-24-31-30-23(36-24)27-19-7-11-33(16-19)21-4-3-10-26-29-21/h3-4,10,18-20H,5-9,11-17H2,1-2H3,(H,27,30)(H,28,31,34)/t19-,20?/m1/s1. The number of hydrogen-bond donors (Lipinski definition) is 2. The summed E-state index contributed by atoms with van der Waals surface area (Å²) in [5.74, 6) is 1.59. The maximum absolute atomic E-state index is 12.7. The largest absolute Gasteiger partial charge is 0.375 e. The summed E-state index contributed by atoms with van der Waals surface area (Å²) in [7, 11) is 0. The topological polar surface area (TPSA) is 108 Å². The molecule has 2 saturated heterocycles. The van der Waals surface area contributed by atoms with Crippen LogP contribution in [0.5, 0.6) is 0 Å². The van der Waals surface area contributed by atoms with Crippen molar-refractivity contribution in [3.63, 3.8) is 0 Å². The van der Waals surface area contributed by atoms with Gasteiger partial charge in [-0.1, -0.05) is 25.2 Å². The first kappa shape index (κ1) is 25.3. The second-order valence-electron chi connectivity index (χ2n) is 11.2. The molecular weight excluding hydrogens is 476 g/mol. The maximum atomic E-state index is 12.7. The van der Waals surface area contributed by atoms with Gasteiger partial charge < -0.3 is 20.3 Å². The molecule has 3 fully saturated rings. The molecule has 10 nitrogen and oxygen atoms in total. The fourth-order valence-corrected chi connectivity index (χ4v) is 6.25. The fourth-order valence-electron chi connectivity index (χ4n) is 5.51. The van der Waals surface area contributed by atoms with Crippen molar-refractivity contribution in [2.75, 3.05) is 54.9 Å². The molecule has 4 heterocycles. The Kier molecular flexibility index (Phi) is 7.97. The van der Waals surface area contributed by atoms with E-state index in [9.17, 15) is 4.79 Å². The van der Waals surface area contributed by atoms with E-state index in [2.05, 4.69) is 54.7 Å². The van der Waals surface area contributed by atoms with E-state index in [1.54, 1.807) is 6.20 Å². The average Bonchev–Trinajstić information content (AvgIpc) is 3.51. The summed E-state index contributed by atoms with van der Waals surface area (Å²) in [6.45, 7) is 10.1. The summed E-state index contributed by atoms with van der Waals surface area (Å²) < 4.78 is 5.92. The van der Waals surface area contributed by atoms with Gasteiger partial charge in [0.05, 0.1) is 19.1 Å². The molecule has 2 aromatic heterocycles. The molecular formula is C25H38N8O2S. The van der Waals surface area contributed by atoms with Crippen LogP contribution in [0.25, 0.3) is 0 Å². The zero-order chi connectivity index (χ0) is 25.0. The predicted octanol–water partition coefficient (Wildman–Crippen LogP) is 3.26. The van der Waals surface area contributed by atoms with Gasteiger partial charge in [-0.25, -0.2) is 0 Å². The van der Waals surface area contributed by atoms with Gasteiger partial charge in [0.25, 0.3) is 0 Å². The second kappa shape index (κ2) is 11.4. The van der Waals surface area contributed by atoms with Crippen LogP contribution in [0.2, 0.25) is 0 Å². The number of anilines is 3. The van der Waals surface area contributed by atoms with Crippen molar-refractivity contribution in [1.82, 2.24) is 25.3 Å². The molecule has 2 atom stereocenters. The Morgan fingerprint density at radius 1 is 1.14 bits per heavy atom. The molecule has 1 aliphatic carbocycles. The van der Waals surface area contributed by atoms with Gasteiger partial charge in [0, 0.05) is 45.0 Å². The van der Waals surface area contributed by atoms with Crippen molar-refractivity contribution < 1.29 is 9.53 Å². The number of hydrogen-bond acceptors (Lipinski definition) is 10. The number of nitrogens with zero attached hydrogens (tertiary/aromatic N) is 6. The Hall–Kier alpha value is -2.37. The van der Waals surface area contributed by atoms with Crippen LogP contribution in [0.15, 0.2) is 18.3 Å². The Balaban J connectivity index is 1.04. The fraction of sp³-hybridized carbons (Fsp3) is 0.720. The number of nitrogens with one attached hydrogen (secondary N) is 2. The zero-order valence-electron chi connectivity index (χ0n) is 21.4. The van der Waals surface area contributed by atoms with E-state index in [1.807, 2.05) is 12.1 Å². The highest BCUT2D eigenvalue weighted by Gasteiger charge is 2.30. The van der Waals surface area contributed by atoms with Crippen molar-refractivity contribution in [3.05, 3.63) is 18.3 Å². The molecule has 0 aromatic carbocycles. The van der Waals surface area contributed by atoms with Crippen LogP contribution >= 0.6 is 11.3 Å². The van der Waals surface area contributed by atoms with E-state index >= 15 is 0 Å². The lowest BCUT2D eigenvalue weighted by Gasteiger charge is -2.39. The van der Waals surface area contributed by atoms with Crippen molar-refractivity contribution in [1.29, 1.82) is 0 Å². The molecule has 0 radical (unpaired) electrons. The molecule has 2 N–H and O–H groups in total. The Labute approximate surface area is 217 Å². The molecule has 0 bridgehead atoms. The molecule has 196 valence electrons. The third kappa shape index (κ3) is 6.89. The quantitative estimate of drug-likeness (QED) is 0.549. The maximum Gasteiger partial charge on any atom is 0.228 e. The van der Waals surface area contributed by atoms with Crippen LogP contribution in [-0.4, -0.2) is 82.7 Å². The van der Waals surface area contributed by atoms with E-state index in [0.29, 0.717) is 28.7 Å². The number of aromatic nitrogens is 4. The Morgan fingerprint density at radius 2 is 1.97 bits per heavy atom. The summed E-state index contributed by atoms with van der Waals surface area (Å²) in [5.41, 5.74) is 0.497. The van der Waals surface area contributed by atoms with Gasteiger partial charge in [-0.3, -0.25) is 9.69 Å². The van der Waals surface area contributed by atoms with Gasteiger partial charge in [-0.2, -0.15) is 5.10 Å². The molecule has 2 aromatic rings.